The fourth-order valence-electron chi connectivity index (χ4n) is 3.96. The molecule has 1 aliphatic heterocycles. The number of anilines is 1. The third kappa shape index (κ3) is 7.93. The molecule has 0 radical (unpaired) electrons. The molecule has 0 bridgehead atoms. The van der Waals surface area contributed by atoms with E-state index in [0.29, 0.717) is 6.42 Å². The van der Waals surface area contributed by atoms with E-state index in [1.165, 1.54) is 34.7 Å². The van der Waals surface area contributed by atoms with E-state index >= 15 is 0 Å². The van der Waals surface area contributed by atoms with E-state index in [9.17, 15) is 5.26 Å². The molecule has 4 nitrogen and oxygen atoms in total. The lowest BCUT2D eigenvalue weighted by atomic mass is 9.84. The molecule has 5 heteroatoms. The van der Waals surface area contributed by atoms with Crippen molar-refractivity contribution < 1.29 is 0 Å². The number of nitrogens with one attached hydrogen (secondary N) is 2. The topological polar surface area (TPSA) is 51.1 Å². The lowest BCUT2D eigenvalue weighted by Crippen LogP contribution is -2.30. The third-order valence-corrected chi connectivity index (χ3v) is 7.22. The van der Waals surface area contributed by atoms with Gasteiger partial charge in [-0.1, -0.05) is 30.9 Å². The second kappa shape index (κ2) is 13.2. The van der Waals surface area contributed by atoms with E-state index < -0.39 is 5.41 Å². The molecule has 1 heterocycles. The number of hydrogen-bond acceptors (Lipinski definition) is 4. The molecule has 2 N–H and O–H groups in total. The van der Waals surface area contributed by atoms with Crippen LogP contribution in [0.2, 0.25) is 0 Å². The molecule has 1 aromatic carbocycles. The Balaban J connectivity index is 2.24. The Morgan fingerprint density at radius 1 is 1.29 bits per heavy atom. The van der Waals surface area contributed by atoms with Gasteiger partial charge in [-0.15, -0.1) is 8.58 Å². The molecule has 0 amide bonds. The van der Waals surface area contributed by atoms with Crippen molar-refractivity contribution in [3.63, 3.8) is 0 Å². The summed E-state index contributed by atoms with van der Waals surface area (Å²) in [6, 6.07) is 8.83. The van der Waals surface area contributed by atoms with Gasteiger partial charge in [0.15, 0.2) is 0 Å². The minimum absolute atomic E-state index is 0.532. The fraction of sp³-hybridized carbons (Fsp3) is 0.414. The maximum Gasteiger partial charge on any atom is 0.0763 e. The number of hydrogen-bond donors (Lipinski definition) is 2. The Bertz CT molecular complexity index is 1020. The molecular weight excluding hydrogens is 435 g/mol. The molecule has 2 rings (SSSR count). The van der Waals surface area contributed by atoms with E-state index in [1.807, 2.05) is 40.0 Å². The highest BCUT2D eigenvalue weighted by molar-refractivity contribution is 7.38. The van der Waals surface area contributed by atoms with Crippen molar-refractivity contribution in [3.8, 4) is 6.07 Å². The average molecular weight is 477 g/mol. The molecule has 0 unspecified atom stereocenters. The Kier molecular flexibility index (Phi) is 10.7. The summed E-state index contributed by atoms with van der Waals surface area (Å²) >= 11 is 0. The van der Waals surface area contributed by atoms with E-state index in [1.54, 1.807) is 0 Å². The van der Waals surface area contributed by atoms with Crippen molar-refractivity contribution in [1.82, 2.24) is 10.2 Å². The van der Waals surface area contributed by atoms with Gasteiger partial charge in [0.05, 0.1) is 11.5 Å². The second-order valence-electron chi connectivity index (χ2n) is 9.27. The molecule has 0 saturated carbocycles. The highest BCUT2D eigenvalue weighted by Gasteiger charge is 2.20. The summed E-state index contributed by atoms with van der Waals surface area (Å²) < 4.78 is 0. The zero-order chi connectivity index (χ0) is 25.1. The number of aryl methyl sites for hydroxylation is 1. The summed E-state index contributed by atoms with van der Waals surface area (Å²) in [4.78, 5) is 2.50. The Morgan fingerprint density at radius 3 is 2.62 bits per heavy atom. The number of nitrogens with zero attached hydrogens (tertiary/aromatic N) is 2. The minimum Gasteiger partial charge on any atom is -0.393 e. The standard InChI is InChI=1S/C29H41N4P/c1-8-9-26(29(5,6)21-30)12-11-23(3)32-27-13-10-22(2)28(19-27)25(20-31-7)18-24(4)33-14-16-34-17-15-33/h8-10,12-13,18-20,31-32,34H,3,11,14-17H2,1-2,4-7H3/b9-8-,24-18+,25-20+,26-12+. The van der Waals surface area contributed by atoms with Crippen LogP contribution < -0.4 is 10.6 Å². The number of benzene rings is 1. The van der Waals surface area contributed by atoms with Crippen molar-refractivity contribution in [2.45, 2.75) is 41.0 Å². The summed E-state index contributed by atoms with van der Waals surface area (Å²) in [5, 5.41) is 16.2. The lowest BCUT2D eigenvalue weighted by Gasteiger charge is -2.29. The van der Waals surface area contributed by atoms with Crippen molar-refractivity contribution in [2.75, 3.05) is 37.8 Å². The molecule has 0 spiro atoms. The normalized spacial score (nSPS) is 15.9. The van der Waals surface area contributed by atoms with Gasteiger partial charge >= 0.3 is 0 Å². The monoisotopic (exact) mass is 476 g/mol. The van der Waals surface area contributed by atoms with Gasteiger partial charge in [-0.2, -0.15) is 5.26 Å². The lowest BCUT2D eigenvalue weighted by molar-refractivity contribution is 0.380. The molecule has 0 atom stereocenters. The van der Waals surface area contributed by atoms with Crippen LogP contribution >= 0.6 is 8.58 Å². The highest BCUT2D eigenvalue weighted by atomic mass is 31.1. The molecule has 1 aliphatic rings. The Labute approximate surface area is 209 Å². The van der Waals surface area contributed by atoms with E-state index in [0.717, 1.165) is 38.6 Å². The molecule has 182 valence electrons. The maximum atomic E-state index is 9.51. The van der Waals surface area contributed by atoms with E-state index in [4.69, 9.17) is 0 Å². The van der Waals surface area contributed by atoms with Crippen LogP contribution in [0, 0.1) is 23.7 Å². The van der Waals surface area contributed by atoms with Crippen LogP contribution in [0.5, 0.6) is 0 Å². The Hall–Kier alpha value is -2.76. The number of allylic oxidation sites excluding steroid dienone is 7. The maximum absolute atomic E-state index is 9.51. The first-order valence-electron chi connectivity index (χ1n) is 12.0. The third-order valence-electron chi connectivity index (χ3n) is 6.07. The predicted molar refractivity (Wildman–Crippen MR) is 151 cm³/mol. The van der Waals surface area contributed by atoms with Crippen LogP contribution in [-0.2, 0) is 0 Å². The smallest absolute Gasteiger partial charge is 0.0763 e. The quantitative estimate of drug-likeness (QED) is 0.287. The molecule has 1 aromatic rings. The number of nitriles is 1. The van der Waals surface area contributed by atoms with Crippen molar-refractivity contribution >= 4 is 19.8 Å². The van der Waals surface area contributed by atoms with Crippen LogP contribution in [-0.4, -0.2) is 37.4 Å². The molecule has 0 aromatic heterocycles. The van der Waals surface area contributed by atoms with Gasteiger partial charge in [-0.05, 0) is 87.4 Å². The van der Waals surface area contributed by atoms with Gasteiger partial charge in [-0.25, -0.2) is 0 Å². The van der Waals surface area contributed by atoms with Gasteiger partial charge in [0.25, 0.3) is 0 Å². The molecule has 0 aliphatic carbocycles. The summed E-state index contributed by atoms with van der Waals surface area (Å²) in [7, 11) is 3.05. The summed E-state index contributed by atoms with van der Waals surface area (Å²) in [5.41, 5.74) is 7.29. The summed E-state index contributed by atoms with van der Waals surface area (Å²) in [6.07, 6.45) is 13.7. The zero-order valence-corrected chi connectivity index (χ0v) is 22.8. The average Bonchev–Trinajstić information content (AvgIpc) is 2.83. The van der Waals surface area contributed by atoms with Crippen molar-refractivity contribution in [1.29, 1.82) is 5.26 Å². The summed E-state index contributed by atoms with van der Waals surface area (Å²) in [6.45, 7) is 16.8. The summed E-state index contributed by atoms with van der Waals surface area (Å²) in [5.74, 6) is 0. The second-order valence-corrected chi connectivity index (χ2v) is 10.8. The first-order valence-corrected chi connectivity index (χ1v) is 13.4. The van der Waals surface area contributed by atoms with Gasteiger partial charge < -0.3 is 15.5 Å². The predicted octanol–water partition coefficient (Wildman–Crippen LogP) is 6.82. The van der Waals surface area contributed by atoms with Gasteiger partial charge in [0.2, 0.25) is 0 Å². The van der Waals surface area contributed by atoms with Crippen LogP contribution in [0.3, 0.4) is 0 Å². The Morgan fingerprint density at radius 2 is 2.00 bits per heavy atom. The molecular formula is C29H41N4P. The fourth-order valence-corrected chi connectivity index (χ4v) is 5.07. The molecule has 1 saturated heterocycles. The number of rotatable bonds is 10. The SMILES string of the molecule is C=C(C/C=C(\C=C/C)C(C)(C)C#N)Nc1ccc(C)c(C(=C/NC)/C=C(\C)N2CCPCC2)c1. The van der Waals surface area contributed by atoms with Crippen LogP contribution in [0.1, 0.15) is 45.2 Å². The van der Waals surface area contributed by atoms with Crippen LogP contribution in [0.25, 0.3) is 5.57 Å². The van der Waals surface area contributed by atoms with Crippen LogP contribution in [0.4, 0.5) is 5.69 Å². The van der Waals surface area contributed by atoms with E-state index in [2.05, 4.69) is 78.6 Å². The van der Waals surface area contributed by atoms with E-state index in [-0.39, 0.29) is 0 Å². The minimum atomic E-state index is -0.532. The van der Waals surface area contributed by atoms with Crippen molar-refractivity contribution in [2.24, 2.45) is 5.41 Å². The molecule has 34 heavy (non-hydrogen) atoms. The largest absolute Gasteiger partial charge is 0.393 e. The highest BCUT2D eigenvalue weighted by Crippen LogP contribution is 2.29. The van der Waals surface area contributed by atoms with Crippen molar-refractivity contribution in [3.05, 3.63) is 83.4 Å². The molecule has 1 fully saturated rings. The first kappa shape index (κ1) is 27.5. The van der Waals surface area contributed by atoms with Gasteiger partial charge in [0.1, 0.15) is 0 Å². The first-order chi connectivity index (χ1) is 16.2. The van der Waals surface area contributed by atoms with Gasteiger partial charge in [-0.3, -0.25) is 0 Å². The zero-order valence-electron chi connectivity index (χ0n) is 21.8. The van der Waals surface area contributed by atoms with Crippen LogP contribution in [0.15, 0.2) is 72.2 Å². The van der Waals surface area contributed by atoms with Gasteiger partial charge in [0, 0.05) is 49.8 Å².